The van der Waals surface area contributed by atoms with Gasteiger partial charge in [0.05, 0.1) is 9.79 Å². The molecule has 0 saturated heterocycles. The van der Waals surface area contributed by atoms with E-state index in [9.17, 15) is 25.6 Å². The Kier molecular flexibility index (Phi) is 4.80. The highest BCUT2D eigenvalue weighted by atomic mass is 32.2. The molecule has 0 atom stereocenters. The number of rotatable bonds is 5. The van der Waals surface area contributed by atoms with Gasteiger partial charge in [-0.2, -0.15) is 0 Å². The van der Waals surface area contributed by atoms with Crippen LogP contribution in [0.1, 0.15) is 5.56 Å². The van der Waals surface area contributed by atoms with E-state index in [0.29, 0.717) is 23.8 Å². The van der Waals surface area contributed by atoms with Crippen molar-refractivity contribution in [3.63, 3.8) is 0 Å². The molecule has 0 spiro atoms. The fourth-order valence-electron chi connectivity index (χ4n) is 1.74. The predicted octanol–water partition coefficient (Wildman–Crippen LogP) is 1.09. The Bertz CT molecular complexity index is 907. The lowest BCUT2D eigenvalue weighted by atomic mass is 10.2. The lowest BCUT2D eigenvalue weighted by Gasteiger charge is -2.08. The molecule has 0 fully saturated rings. The number of nitrogens with two attached hydrogens (primary N) is 1. The molecule has 0 aliphatic carbocycles. The van der Waals surface area contributed by atoms with Gasteiger partial charge in [-0.05, 0) is 29.8 Å². The summed E-state index contributed by atoms with van der Waals surface area (Å²) < 4.78 is 74.5. The van der Waals surface area contributed by atoms with Crippen LogP contribution in [0.3, 0.4) is 0 Å². The van der Waals surface area contributed by atoms with Crippen molar-refractivity contribution in [3.05, 3.63) is 59.7 Å². The molecule has 0 bridgehead atoms. The van der Waals surface area contributed by atoms with Crippen molar-refractivity contribution in [1.82, 2.24) is 4.72 Å². The van der Waals surface area contributed by atoms with Crippen LogP contribution in [0.15, 0.2) is 52.3 Å². The van der Waals surface area contributed by atoms with E-state index in [2.05, 4.69) is 4.72 Å². The van der Waals surface area contributed by atoms with Gasteiger partial charge in [-0.1, -0.05) is 12.1 Å². The smallest absolute Gasteiger partial charge is 0.225 e. The van der Waals surface area contributed by atoms with Gasteiger partial charge in [-0.25, -0.2) is 35.5 Å². The maximum Gasteiger partial charge on any atom is 0.241 e. The number of sulfonamides is 2. The number of benzene rings is 2. The highest BCUT2D eigenvalue weighted by Crippen LogP contribution is 2.14. The van der Waals surface area contributed by atoms with Crippen molar-refractivity contribution in [2.75, 3.05) is 0 Å². The minimum Gasteiger partial charge on any atom is -0.225 e. The lowest BCUT2D eigenvalue weighted by Crippen LogP contribution is -2.23. The van der Waals surface area contributed by atoms with Crippen molar-refractivity contribution >= 4 is 20.0 Å². The zero-order valence-electron chi connectivity index (χ0n) is 11.5. The molecule has 10 heteroatoms. The van der Waals surface area contributed by atoms with Gasteiger partial charge in [0.2, 0.25) is 20.0 Å². The summed E-state index contributed by atoms with van der Waals surface area (Å²) in [6.07, 6.45) is 0. The molecule has 23 heavy (non-hydrogen) atoms. The molecule has 0 aromatic heterocycles. The Morgan fingerprint density at radius 2 is 1.39 bits per heavy atom. The van der Waals surface area contributed by atoms with Crippen LogP contribution < -0.4 is 9.86 Å². The van der Waals surface area contributed by atoms with Gasteiger partial charge in [0.1, 0.15) is 11.6 Å². The van der Waals surface area contributed by atoms with Crippen LogP contribution in [0, 0.1) is 11.6 Å². The zero-order valence-corrected chi connectivity index (χ0v) is 13.2. The first-order valence-corrected chi connectivity index (χ1v) is 9.18. The summed E-state index contributed by atoms with van der Waals surface area (Å²) in [7, 11) is -7.95. The molecule has 2 aromatic rings. The first-order chi connectivity index (χ1) is 10.6. The molecule has 2 aromatic carbocycles. The molecule has 0 heterocycles. The predicted molar refractivity (Wildman–Crippen MR) is 78.2 cm³/mol. The topological polar surface area (TPSA) is 106 Å². The standard InChI is InChI=1S/C13H12F2N2O4S2/c14-10-5-11(15)7-13(6-10)23(20,21)17-8-9-1-3-12(4-2-9)22(16,18)19/h1-7,17H,8H2,(H2,16,18,19). The average molecular weight is 362 g/mol. The van der Waals surface area contributed by atoms with Crippen LogP contribution in [-0.4, -0.2) is 16.8 Å². The normalized spacial score (nSPS) is 12.3. The molecule has 0 aliphatic rings. The molecule has 0 aliphatic heterocycles. The van der Waals surface area contributed by atoms with E-state index >= 15 is 0 Å². The van der Waals surface area contributed by atoms with Crippen molar-refractivity contribution in [1.29, 1.82) is 0 Å². The summed E-state index contributed by atoms with van der Waals surface area (Å²) in [4.78, 5) is -0.660. The maximum atomic E-state index is 13.1. The number of nitrogens with one attached hydrogen (secondary N) is 1. The molecule has 3 N–H and O–H groups in total. The van der Waals surface area contributed by atoms with Crippen molar-refractivity contribution < 1.29 is 25.6 Å². The van der Waals surface area contributed by atoms with Crippen molar-refractivity contribution in [3.8, 4) is 0 Å². The van der Waals surface area contributed by atoms with Crippen molar-refractivity contribution in [2.45, 2.75) is 16.3 Å². The third-order valence-corrected chi connectivity index (χ3v) is 5.17. The second-order valence-corrected chi connectivity index (χ2v) is 7.95. The summed E-state index contributed by atoms with van der Waals surface area (Å²) in [5, 5.41) is 4.94. The first-order valence-electron chi connectivity index (χ1n) is 6.15. The molecule has 0 saturated carbocycles. The Morgan fingerprint density at radius 3 is 1.87 bits per heavy atom. The van der Waals surface area contributed by atoms with E-state index in [1.165, 1.54) is 24.3 Å². The fraction of sp³-hybridized carbons (Fsp3) is 0.0769. The van der Waals surface area contributed by atoms with E-state index < -0.39 is 36.6 Å². The molecular weight excluding hydrogens is 350 g/mol. The number of hydrogen-bond donors (Lipinski definition) is 2. The Balaban J connectivity index is 2.16. The second-order valence-electron chi connectivity index (χ2n) is 4.62. The number of primary sulfonamides is 1. The van der Waals surface area contributed by atoms with Crippen LogP contribution in [0.5, 0.6) is 0 Å². The summed E-state index contributed by atoms with van der Waals surface area (Å²) in [6.45, 7) is -0.189. The van der Waals surface area contributed by atoms with Crippen LogP contribution in [0.4, 0.5) is 8.78 Å². The summed E-state index contributed by atoms with van der Waals surface area (Å²) in [5.74, 6) is -2.02. The van der Waals surface area contributed by atoms with Gasteiger partial charge >= 0.3 is 0 Å². The Morgan fingerprint density at radius 1 is 0.870 bits per heavy atom. The Hall–Kier alpha value is -1.88. The molecule has 0 unspecified atom stereocenters. The number of halogens is 2. The highest BCUT2D eigenvalue weighted by molar-refractivity contribution is 7.89. The minimum atomic E-state index is -4.11. The molecular formula is C13H12F2N2O4S2. The minimum absolute atomic E-state index is 0.115. The molecule has 0 amide bonds. The zero-order chi connectivity index (χ0) is 17.3. The third-order valence-electron chi connectivity index (χ3n) is 2.86. The molecule has 6 nitrogen and oxygen atoms in total. The molecule has 0 radical (unpaired) electrons. The van der Waals surface area contributed by atoms with Crippen LogP contribution in [0.2, 0.25) is 0 Å². The van der Waals surface area contributed by atoms with E-state index in [1.54, 1.807) is 0 Å². The molecule has 2 rings (SSSR count). The summed E-state index contributed by atoms with van der Waals surface area (Å²) in [5.41, 5.74) is 0.442. The first kappa shape index (κ1) is 17.5. The van der Waals surface area contributed by atoms with Gasteiger partial charge in [-0.15, -0.1) is 0 Å². The van der Waals surface area contributed by atoms with Crippen LogP contribution in [-0.2, 0) is 26.6 Å². The SMILES string of the molecule is NS(=O)(=O)c1ccc(CNS(=O)(=O)c2cc(F)cc(F)c2)cc1. The Labute approximate surface area is 132 Å². The summed E-state index contributed by atoms with van der Waals surface area (Å²) >= 11 is 0. The monoisotopic (exact) mass is 362 g/mol. The van der Waals surface area contributed by atoms with Gasteiger partial charge in [0.15, 0.2) is 0 Å². The van der Waals surface area contributed by atoms with Crippen LogP contribution >= 0.6 is 0 Å². The van der Waals surface area contributed by atoms with E-state index in [-0.39, 0.29) is 11.4 Å². The van der Waals surface area contributed by atoms with Gasteiger partial charge in [0.25, 0.3) is 0 Å². The fourth-order valence-corrected chi connectivity index (χ4v) is 3.32. The maximum absolute atomic E-state index is 13.1. The van der Waals surface area contributed by atoms with Gasteiger partial charge in [0, 0.05) is 12.6 Å². The van der Waals surface area contributed by atoms with E-state index in [4.69, 9.17) is 5.14 Å². The quantitative estimate of drug-likeness (QED) is 0.830. The van der Waals surface area contributed by atoms with Gasteiger partial charge in [-0.3, -0.25) is 0 Å². The van der Waals surface area contributed by atoms with Gasteiger partial charge < -0.3 is 0 Å². The average Bonchev–Trinajstić information content (AvgIpc) is 2.44. The number of hydrogen-bond acceptors (Lipinski definition) is 4. The van der Waals surface area contributed by atoms with Crippen molar-refractivity contribution in [2.24, 2.45) is 5.14 Å². The largest absolute Gasteiger partial charge is 0.241 e. The highest BCUT2D eigenvalue weighted by Gasteiger charge is 2.16. The lowest BCUT2D eigenvalue weighted by molar-refractivity contribution is 0.561. The third kappa shape index (κ3) is 4.55. The second kappa shape index (κ2) is 6.32. The van der Waals surface area contributed by atoms with Crippen LogP contribution in [0.25, 0.3) is 0 Å². The van der Waals surface area contributed by atoms with E-state index in [1.807, 2.05) is 0 Å². The summed E-state index contributed by atoms with van der Waals surface area (Å²) in [6, 6.07) is 7.13. The van der Waals surface area contributed by atoms with E-state index in [0.717, 1.165) is 0 Å². The molecule has 124 valence electrons.